The maximum atomic E-state index is 13.2. The number of anilines is 8. The van der Waals surface area contributed by atoms with Crippen LogP contribution in [0, 0.1) is 6.92 Å². The molecule has 141 heavy (non-hydrogen) atoms. The van der Waals surface area contributed by atoms with E-state index in [-0.39, 0.29) is 118 Å². The van der Waals surface area contributed by atoms with Crippen molar-refractivity contribution in [3.05, 3.63) is 277 Å². The normalized spacial score (nSPS) is 15.3. The first-order valence-electron chi connectivity index (χ1n) is 44.2. The minimum Gasteiger partial charge on any atom is -0.433 e. The second-order valence-electron chi connectivity index (χ2n) is 33.1. The molecule has 11 heterocycles. The van der Waals surface area contributed by atoms with Gasteiger partial charge in [-0.1, -0.05) is 77.3 Å². The number of likely N-dealkylation sites (tertiary alicyclic amines) is 1. The van der Waals surface area contributed by atoms with Gasteiger partial charge in [-0.25, -0.2) is 58.6 Å². The molecule has 748 valence electrons. The van der Waals surface area contributed by atoms with Gasteiger partial charge in [0.05, 0.1) is 35.8 Å². The standard InChI is InChI=1S/C25H25N5O4S2.C24H26F2N6O4S.C23H22ClN5O3S2.C22H21ClN6O3S2.7H2/c1-17-3-8-22-19(15-17)9-11-29(22)18(2)24(32)28-12-13-30(23(31)16-28)20-4-6-21(7-5-20)36(33,34)27-25-26-10-14-35-25;1-17(29-20-4-2-3-5-21(20)36-24(25)26)23(33)32-14-12-31(13-15-32)18-6-8-19(9-7-18)37(34,35)30-22-10-11-27-16-28-22;24-19-4-1-18-9-12-29(21(18)13-19)14-22(30)28-10-7-17(8-11-28)16-2-5-20(6-3-16)34(31,32)27-23-25-15-26-33-23;23-19-3-1-2-15-8-10-29(21(15)19)13-20(30)26-16-9-11-28(12-16)17-4-6-18(7-5-17)34(31,32)27-22-24-14-25-33-22;;;;;;;/h3-11,14-15,18H,12-13,16H2,1-2H3,(H,26,27);2-11,16-17,24,29H,12-15H2,1H3,(H,27,28,30);1-6,9,12-13,15,17H,7-8,10-11,14H2,(H,25,26,27);1-8,10,14,16H,9,11-13H2,(H,26,30)(H,24,25,27);7*1H/t;;;16-;;;;;;;/m...0......./s1. The first kappa shape index (κ1) is 100. The number of alkyl halides is 2. The highest BCUT2D eigenvalue weighted by molar-refractivity contribution is 7.93. The van der Waals surface area contributed by atoms with Crippen LogP contribution in [0.1, 0.15) is 66.2 Å². The van der Waals surface area contributed by atoms with Crippen molar-refractivity contribution in [1.82, 2.24) is 67.4 Å². The molecule has 19 rings (SSSR count). The van der Waals surface area contributed by atoms with Gasteiger partial charge in [0, 0.05) is 179 Å². The van der Waals surface area contributed by atoms with Gasteiger partial charge in [-0.15, -0.1) is 11.3 Å². The average Bonchev–Trinajstić information content (AvgIpc) is 1.67. The summed E-state index contributed by atoms with van der Waals surface area (Å²) >= 11 is 15.6. The van der Waals surface area contributed by atoms with E-state index >= 15 is 0 Å². The molecular weight excluding hydrogens is 1990 g/mol. The average molecular weight is 2100 g/mol. The third-order valence-electron chi connectivity index (χ3n) is 23.9. The molecule has 0 aliphatic carbocycles. The van der Waals surface area contributed by atoms with Crippen molar-refractivity contribution in [2.45, 2.75) is 103 Å². The molecule has 0 spiro atoms. The molecule has 6 N–H and O–H groups in total. The summed E-state index contributed by atoms with van der Waals surface area (Å²) in [5.74, 6) is -0.0594. The fourth-order valence-electron chi connectivity index (χ4n) is 16.7. The van der Waals surface area contributed by atoms with Crippen LogP contribution >= 0.6 is 57.6 Å². The first-order chi connectivity index (χ1) is 67.7. The van der Waals surface area contributed by atoms with E-state index in [1.807, 2.05) is 130 Å². The molecule has 47 heteroatoms. The largest absolute Gasteiger partial charge is 0.433 e. The summed E-state index contributed by atoms with van der Waals surface area (Å²) in [6, 6.07) is 56.1. The number of fused-ring (bicyclic) bond motifs is 3. The van der Waals surface area contributed by atoms with Crippen molar-refractivity contribution >= 4 is 204 Å². The predicted molar refractivity (Wildman–Crippen MR) is 554 cm³/mol. The molecule has 0 radical (unpaired) electrons. The quantitative estimate of drug-likeness (QED) is 0.0265. The minimum absolute atomic E-state index is 0. The number of hydrogen-bond acceptors (Lipinski definition) is 27. The topological polar surface area (TPSA) is 428 Å². The molecule has 4 saturated heterocycles. The van der Waals surface area contributed by atoms with Crippen molar-refractivity contribution in [2.75, 3.05) is 111 Å². The van der Waals surface area contributed by atoms with Crippen LogP contribution in [0.5, 0.6) is 5.75 Å². The number of halogens is 4. The van der Waals surface area contributed by atoms with E-state index in [2.05, 4.69) is 83.8 Å². The summed E-state index contributed by atoms with van der Waals surface area (Å²) in [5, 5.41) is 12.9. The summed E-state index contributed by atoms with van der Waals surface area (Å²) in [6.07, 6.45) is 15.0. The second-order valence-corrected chi connectivity index (χ2v) is 43.2. The Hall–Kier alpha value is -13.8. The molecule has 0 bridgehead atoms. The van der Waals surface area contributed by atoms with Gasteiger partial charge >= 0.3 is 6.61 Å². The van der Waals surface area contributed by atoms with E-state index in [0.29, 0.717) is 80.3 Å². The van der Waals surface area contributed by atoms with Crippen molar-refractivity contribution in [2.24, 2.45) is 0 Å². The number of nitrogens with zero attached hydrogens (tertiary/aromatic N) is 16. The van der Waals surface area contributed by atoms with Gasteiger partial charge < -0.3 is 58.5 Å². The molecule has 4 fully saturated rings. The maximum absolute atomic E-state index is 13.2. The summed E-state index contributed by atoms with van der Waals surface area (Å²) in [6.45, 7) is 8.48. The molecule has 36 nitrogen and oxygen atoms in total. The number of para-hydroxylation sites is 3. The van der Waals surface area contributed by atoms with Gasteiger partial charge in [0.2, 0.25) is 39.8 Å². The number of ether oxygens (including phenoxy) is 1. The Balaban J connectivity index is 0.000000216. The maximum Gasteiger partial charge on any atom is 0.387 e. The zero-order chi connectivity index (χ0) is 99.3. The lowest BCUT2D eigenvalue weighted by atomic mass is 9.89. The van der Waals surface area contributed by atoms with Crippen molar-refractivity contribution < 1.29 is 81.1 Å². The highest BCUT2D eigenvalue weighted by Crippen LogP contribution is 2.35. The SMILES string of the molecule is CC(Nc1ccccc1OC(F)F)C(=O)N1CCN(c2ccc(S(=O)(=O)Nc3ccncn3)cc2)CC1.Cc1ccc2c(ccn2C(C)C(=O)N2CCN(c3ccc(S(=O)(=O)Nc4nccs4)cc3)C(=O)C2)c1.O=C(Cn1ccc2ccc(Cl)cc21)N1CCC(c2ccc(S(=O)(=O)Nc3ncns3)cc2)CC1.O=C(Cn1ccc2cccc(Cl)c21)N[C@H]1CCN(c2ccc(S(=O)(=O)Nc3ncns3)cc2)C1.[HH].[HH].[HH].[HH].[HH].[HH].[HH]. The Morgan fingerprint density at radius 2 is 1.13 bits per heavy atom. The summed E-state index contributed by atoms with van der Waals surface area (Å²) < 4.78 is 153. The molecule has 4 aliphatic rings. The Kier molecular flexibility index (Phi) is 31.5. The molecule has 2 unspecified atom stereocenters. The predicted octanol–water partition coefficient (Wildman–Crippen LogP) is 16.1. The highest BCUT2D eigenvalue weighted by Gasteiger charge is 2.35. The number of aryl methyl sites for hydroxylation is 1. The number of nitrogens with one attached hydrogen (secondary N) is 6. The number of piperidine rings is 1. The number of carbonyl (C=O) groups excluding carboxylic acids is 5. The van der Waals surface area contributed by atoms with Crippen LogP contribution < -0.4 is 49.0 Å². The summed E-state index contributed by atoms with van der Waals surface area (Å²) in [5.41, 5.74) is 7.63. The minimum atomic E-state index is -3.80. The molecular formula is C94H108Cl2F2N22O14S7. The third-order valence-corrected chi connectivity index (χ3v) is 32.1. The van der Waals surface area contributed by atoms with E-state index < -0.39 is 58.8 Å². The van der Waals surface area contributed by atoms with E-state index in [9.17, 15) is 66.4 Å². The number of thiazole rings is 1. The number of carbonyl (C=O) groups is 5. The zero-order valence-corrected chi connectivity index (χ0v) is 82.9. The number of amides is 5. The monoisotopic (exact) mass is 2100 g/mol. The number of aromatic nitrogens is 10. The van der Waals surface area contributed by atoms with E-state index in [4.69, 9.17) is 23.2 Å². The summed E-state index contributed by atoms with van der Waals surface area (Å²) in [4.78, 5) is 95.5. The van der Waals surface area contributed by atoms with Gasteiger partial charge in [-0.2, -0.15) is 17.5 Å². The number of sulfonamides is 4. The Labute approximate surface area is 843 Å². The van der Waals surface area contributed by atoms with Crippen LogP contribution in [-0.4, -0.2) is 216 Å². The fraction of sp³-hybridized carbons (Fsp3) is 0.255. The second kappa shape index (κ2) is 44.3. The molecule has 5 amide bonds. The lowest BCUT2D eigenvalue weighted by molar-refractivity contribution is -0.139. The van der Waals surface area contributed by atoms with Crippen LogP contribution in [-0.2, 0) is 77.2 Å². The number of benzene rings is 8. The van der Waals surface area contributed by atoms with Crippen molar-refractivity contribution in [3.63, 3.8) is 0 Å². The van der Waals surface area contributed by atoms with Gasteiger partial charge in [-0.3, -0.25) is 42.9 Å². The lowest BCUT2D eigenvalue weighted by Gasteiger charge is -2.37. The Bertz CT molecular complexity index is 7470. The lowest BCUT2D eigenvalue weighted by Crippen LogP contribution is -2.53. The fourth-order valence-corrected chi connectivity index (χ4v) is 23.3. The third kappa shape index (κ3) is 25.0. The van der Waals surface area contributed by atoms with Crippen LogP contribution in [0.25, 0.3) is 32.7 Å². The van der Waals surface area contributed by atoms with E-state index in [0.717, 1.165) is 104 Å². The van der Waals surface area contributed by atoms with Gasteiger partial charge in [0.25, 0.3) is 40.1 Å². The van der Waals surface area contributed by atoms with E-state index in [1.54, 1.807) is 106 Å². The van der Waals surface area contributed by atoms with Crippen LogP contribution in [0.3, 0.4) is 0 Å². The Morgan fingerprint density at radius 1 is 0.525 bits per heavy atom. The summed E-state index contributed by atoms with van der Waals surface area (Å²) in [7, 11) is -15.0. The smallest absolute Gasteiger partial charge is 0.387 e. The van der Waals surface area contributed by atoms with Crippen LogP contribution in [0.4, 0.5) is 52.7 Å². The van der Waals surface area contributed by atoms with Crippen molar-refractivity contribution in [3.8, 4) is 5.75 Å². The molecule has 7 aromatic heterocycles. The Morgan fingerprint density at radius 3 is 1.74 bits per heavy atom. The highest BCUT2D eigenvalue weighted by atomic mass is 35.5. The number of piperazine rings is 2. The van der Waals surface area contributed by atoms with Crippen LogP contribution in [0.15, 0.2) is 275 Å². The van der Waals surface area contributed by atoms with Crippen molar-refractivity contribution in [1.29, 1.82) is 0 Å². The molecule has 0 saturated carbocycles. The van der Waals surface area contributed by atoms with Gasteiger partial charge in [0.1, 0.15) is 62.3 Å². The molecule has 4 aliphatic heterocycles. The number of rotatable bonds is 28. The first-order valence-corrected chi connectivity index (χ1v) is 53.4. The molecule has 15 aromatic rings. The van der Waals surface area contributed by atoms with Crippen LogP contribution in [0.2, 0.25) is 10.0 Å². The van der Waals surface area contributed by atoms with Gasteiger partial charge in [-0.05, 0) is 214 Å². The van der Waals surface area contributed by atoms with E-state index in [1.165, 1.54) is 79.1 Å². The van der Waals surface area contributed by atoms with Gasteiger partial charge in [0.15, 0.2) is 5.13 Å². The molecule has 8 aromatic carbocycles. The zero-order valence-electron chi connectivity index (χ0n) is 75.7. The number of hydrogen-bond donors (Lipinski definition) is 6. The molecule has 3 atom stereocenters.